The predicted octanol–water partition coefficient (Wildman–Crippen LogP) is 1.53. The topological polar surface area (TPSA) is 77.8 Å². The number of likely N-dealkylation sites (N-methyl/N-ethyl adjacent to an activating group) is 1. The Bertz CT molecular complexity index is 789. The van der Waals surface area contributed by atoms with Gasteiger partial charge in [0.1, 0.15) is 11.6 Å². The molecule has 0 radical (unpaired) electrons. The Hall–Kier alpha value is -2.87. The van der Waals surface area contributed by atoms with Crippen molar-refractivity contribution < 1.29 is 18.4 Å². The lowest BCUT2D eigenvalue weighted by Gasteiger charge is -2.39. The average molecular weight is 388 g/mol. The van der Waals surface area contributed by atoms with Gasteiger partial charge in [-0.15, -0.1) is 0 Å². The summed E-state index contributed by atoms with van der Waals surface area (Å²) in [7, 11) is 0. The molecule has 0 saturated carbocycles. The second-order valence-electron chi connectivity index (χ2n) is 6.58. The second-order valence-corrected chi connectivity index (χ2v) is 6.58. The number of carbonyl (C=O) groups excluding carboxylic acids is 2. The largest absolute Gasteiger partial charge is 0.468 e. The minimum absolute atomic E-state index is 0.198. The first-order chi connectivity index (χ1) is 13.6. The number of nitrogens with one attached hydrogen (secondary N) is 2. The third-order valence-electron chi connectivity index (χ3n) is 4.82. The quantitative estimate of drug-likeness (QED) is 0.734. The lowest BCUT2D eigenvalue weighted by atomic mass is 10.1. The van der Waals surface area contributed by atoms with Gasteiger partial charge in [-0.2, -0.15) is 0 Å². The average Bonchev–Trinajstić information content (AvgIpc) is 3.23. The lowest BCUT2D eigenvalue weighted by molar-refractivity contribution is -0.139. The Labute approximate surface area is 163 Å². The Kier molecular flexibility index (Phi) is 6.65. The van der Waals surface area contributed by atoms with Crippen molar-refractivity contribution in [2.45, 2.75) is 13.0 Å². The highest BCUT2D eigenvalue weighted by molar-refractivity contribution is 6.35. The van der Waals surface area contributed by atoms with E-state index in [9.17, 15) is 14.0 Å². The highest BCUT2D eigenvalue weighted by atomic mass is 19.1. The van der Waals surface area contributed by atoms with Crippen LogP contribution in [0.2, 0.25) is 0 Å². The number of piperazine rings is 1. The molecule has 1 aromatic heterocycles. The molecular formula is C20H25FN4O3. The van der Waals surface area contributed by atoms with Gasteiger partial charge in [-0.1, -0.05) is 12.1 Å². The molecule has 7 nitrogen and oxygen atoms in total. The number of benzene rings is 1. The third kappa shape index (κ3) is 4.69. The van der Waals surface area contributed by atoms with Gasteiger partial charge in [0.2, 0.25) is 0 Å². The number of hydrogen-bond donors (Lipinski definition) is 2. The van der Waals surface area contributed by atoms with Crippen LogP contribution in [-0.4, -0.2) is 56.0 Å². The van der Waals surface area contributed by atoms with Crippen LogP contribution in [-0.2, 0) is 9.59 Å². The summed E-state index contributed by atoms with van der Waals surface area (Å²) in [5.41, 5.74) is 0.598. The van der Waals surface area contributed by atoms with E-state index in [1.54, 1.807) is 31.4 Å². The fourth-order valence-corrected chi connectivity index (χ4v) is 3.38. The summed E-state index contributed by atoms with van der Waals surface area (Å²) >= 11 is 0. The van der Waals surface area contributed by atoms with Crippen molar-refractivity contribution in [2.75, 3.05) is 44.2 Å². The van der Waals surface area contributed by atoms with Crippen molar-refractivity contribution in [3.05, 3.63) is 54.2 Å². The number of hydrogen-bond acceptors (Lipinski definition) is 5. The van der Waals surface area contributed by atoms with Gasteiger partial charge in [0, 0.05) is 39.3 Å². The van der Waals surface area contributed by atoms with Crippen LogP contribution in [0.3, 0.4) is 0 Å². The van der Waals surface area contributed by atoms with Crippen molar-refractivity contribution in [1.82, 2.24) is 15.5 Å². The molecule has 1 unspecified atom stereocenters. The molecule has 0 aliphatic carbocycles. The van der Waals surface area contributed by atoms with Crippen molar-refractivity contribution >= 4 is 17.5 Å². The molecule has 2 heterocycles. The van der Waals surface area contributed by atoms with Crippen LogP contribution in [0, 0.1) is 5.82 Å². The molecule has 1 aromatic carbocycles. The molecule has 1 saturated heterocycles. The Morgan fingerprint density at radius 1 is 1.07 bits per heavy atom. The molecule has 8 heteroatoms. The number of nitrogens with zero attached hydrogens (tertiary/aromatic N) is 2. The van der Waals surface area contributed by atoms with Crippen molar-refractivity contribution in [1.29, 1.82) is 0 Å². The second kappa shape index (κ2) is 9.36. The minimum Gasteiger partial charge on any atom is -0.468 e. The molecule has 28 heavy (non-hydrogen) atoms. The number of rotatable bonds is 6. The number of amides is 2. The van der Waals surface area contributed by atoms with Crippen molar-refractivity contribution in [3.63, 3.8) is 0 Å². The van der Waals surface area contributed by atoms with E-state index in [0.29, 0.717) is 38.4 Å². The van der Waals surface area contributed by atoms with Crippen LogP contribution in [0.5, 0.6) is 0 Å². The summed E-state index contributed by atoms with van der Waals surface area (Å²) in [6, 6.07) is 10.2. The first kappa shape index (κ1) is 19.9. The molecule has 1 aliphatic heterocycles. The summed E-state index contributed by atoms with van der Waals surface area (Å²) in [5, 5.41) is 5.16. The van der Waals surface area contributed by atoms with Gasteiger partial charge < -0.3 is 20.0 Å². The van der Waals surface area contributed by atoms with Gasteiger partial charge in [0.15, 0.2) is 0 Å². The van der Waals surface area contributed by atoms with Gasteiger partial charge in [-0.25, -0.2) is 4.39 Å². The number of halogens is 1. The van der Waals surface area contributed by atoms with Gasteiger partial charge in [0.25, 0.3) is 0 Å². The predicted molar refractivity (Wildman–Crippen MR) is 103 cm³/mol. The van der Waals surface area contributed by atoms with Crippen LogP contribution >= 0.6 is 0 Å². The molecule has 2 aromatic rings. The highest BCUT2D eigenvalue weighted by Crippen LogP contribution is 2.25. The zero-order valence-electron chi connectivity index (χ0n) is 15.9. The highest BCUT2D eigenvalue weighted by Gasteiger charge is 2.28. The standard InChI is InChI=1S/C20H25FN4O3/c1-2-22-19(26)20(27)23-14-17(18-8-5-13-28-18)25-11-9-24(10-12-25)16-7-4-3-6-15(16)21/h3-8,13,17H,2,9-12,14H2,1H3,(H,22,26)(H,23,27). The monoisotopic (exact) mass is 388 g/mol. The Morgan fingerprint density at radius 2 is 1.79 bits per heavy atom. The molecule has 1 atom stereocenters. The van der Waals surface area contributed by atoms with E-state index < -0.39 is 11.8 Å². The molecule has 0 bridgehead atoms. The van der Waals surface area contributed by atoms with Gasteiger partial charge in [0.05, 0.1) is 18.0 Å². The maximum Gasteiger partial charge on any atom is 0.309 e. The zero-order valence-corrected chi connectivity index (χ0v) is 15.9. The molecule has 1 aliphatic rings. The third-order valence-corrected chi connectivity index (χ3v) is 4.82. The molecule has 2 amide bonds. The summed E-state index contributed by atoms with van der Waals surface area (Å²) in [4.78, 5) is 27.8. The van der Waals surface area contributed by atoms with E-state index in [2.05, 4.69) is 15.5 Å². The minimum atomic E-state index is -0.664. The maximum atomic E-state index is 14.0. The van der Waals surface area contributed by atoms with Crippen LogP contribution in [0.15, 0.2) is 47.1 Å². The van der Waals surface area contributed by atoms with E-state index in [0.717, 1.165) is 5.76 Å². The lowest BCUT2D eigenvalue weighted by Crippen LogP contribution is -2.51. The van der Waals surface area contributed by atoms with E-state index >= 15 is 0 Å². The van der Waals surface area contributed by atoms with E-state index in [4.69, 9.17) is 4.42 Å². The van der Waals surface area contributed by atoms with E-state index in [1.807, 2.05) is 17.0 Å². The van der Waals surface area contributed by atoms with Gasteiger partial charge in [-0.3, -0.25) is 14.5 Å². The van der Waals surface area contributed by atoms with Crippen LogP contribution in [0.25, 0.3) is 0 Å². The summed E-state index contributed by atoms with van der Waals surface area (Å²) in [6.45, 7) is 5.07. The molecule has 1 fully saturated rings. The summed E-state index contributed by atoms with van der Waals surface area (Å²) in [5.74, 6) is -0.822. The van der Waals surface area contributed by atoms with E-state index in [-0.39, 0.29) is 18.4 Å². The fraction of sp³-hybridized carbons (Fsp3) is 0.400. The normalized spacial score (nSPS) is 15.9. The van der Waals surface area contributed by atoms with Gasteiger partial charge in [-0.05, 0) is 31.2 Å². The SMILES string of the molecule is CCNC(=O)C(=O)NCC(c1ccco1)N1CCN(c2ccccc2F)CC1. The first-order valence-corrected chi connectivity index (χ1v) is 9.43. The number of furan rings is 1. The zero-order chi connectivity index (χ0) is 19.9. The maximum absolute atomic E-state index is 14.0. The molecular weight excluding hydrogens is 363 g/mol. The smallest absolute Gasteiger partial charge is 0.309 e. The molecule has 2 N–H and O–H groups in total. The molecule has 3 rings (SSSR count). The fourth-order valence-electron chi connectivity index (χ4n) is 3.38. The molecule has 0 spiro atoms. The number of para-hydroxylation sites is 1. The molecule has 150 valence electrons. The first-order valence-electron chi connectivity index (χ1n) is 9.43. The Morgan fingerprint density at radius 3 is 2.43 bits per heavy atom. The van der Waals surface area contributed by atoms with Crippen molar-refractivity contribution in [2.24, 2.45) is 0 Å². The van der Waals surface area contributed by atoms with Crippen LogP contribution < -0.4 is 15.5 Å². The van der Waals surface area contributed by atoms with Gasteiger partial charge >= 0.3 is 11.8 Å². The van der Waals surface area contributed by atoms with Crippen molar-refractivity contribution in [3.8, 4) is 0 Å². The van der Waals surface area contributed by atoms with E-state index in [1.165, 1.54) is 6.07 Å². The summed E-state index contributed by atoms with van der Waals surface area (Å²) in [6.07, 6.45) is 1.59. The number of anilines is 1. The Balaban J connectivity index is 1.63. The van der Waals surface area contributed by atoms with Crippen LogP contribution in [0.1, 0.15) is 18.7 Å². The number of carbonyl (C=O) groups is 2. The summed E-state index contributed by atoms with van der Waals surface area (Å²) < 4.78 is 19.6. The van der Waals surface area contributed by atoms with Crippen LogP contribution in [0.4, 0.5) is 10.1 Å².